The summed E-state index contributed by atoms with van der Waals surface area (Å²) >= 11 is 0. The van der Waals surface area contributed by atoms with Crippen LogP contribution in [0.3, 0.4) is 0 Å². The highest BCUT2D eigenvalue weighted by Crippen LogP contribution is 2.11. The molecule has 5 heteroatoms. The van der Waals surface area contributed by atoms with Gasteiger partial charge in [-0.3, -0.25) is 4.79 Å². The van der Waals surface area contributed by atoms with Gasteiger partial charge in [0, 0.05) is 25.2 Å². The number of amides is 1. The molecule has 0 aliphatic heterocycles. The molecule has 1 rings (SSSR count). The maximum absolute atomic E-state index is 11.0. The molecule has 0 aromatic carbocycles. The summed E-state index contributed by atoms with van der Waals surface area (Å²) in [6.45, 7) is 3.84. The minimum atomic E-state index is -1.04. The van der Waals surface area contributed by atoms with Gasteiger partial charge in [-0.05, 0) is 25.0 Å². The second-order valence-electron chi connectivity index (χ2n) is 3.93. The zero-order valence-corrected chi connectivity index (χ0v) is 10.4. The number of nitrogens with one attached hydrogen (secondary N) is 1. The molecule has 96 valence electrons. The first-order valence-corrected chi connectivity index (χ1v) is 5.61. The van der Waals surface area contributed by atoms with Gasteiger partial charge in [0.2, 0.25) is 5.91 Å². The van der Waals surface area contributed by atoms with Crippen LogP contribution in [-0.2, 0) is 4.79 Å². The molecule has 1 amide bonds. The summed E-state index contributed by atoms with van der Waals surface area (Å²) in [5, 5.41) is 11.6. The number of aromatic carboxylic acids is 1. The Balaban J connectivity index is 2.70. The first-order chi connectivity index (χ1) is 8.50. The van der Waals surface area contributed by atoms with Crippen LogP contribution in [0.25, 0.3) is 6.08 Å². The fraction of sp³-hybridized carbons (Fsp3) is 0.308. The molecule has 5 nitrogen and oxygen atoms in total. The van der Waals surface area contributed by atoms with Crippen LogP contribution >= 0.6 is 0 Å². The molecular weight excluding hydrogens is 232 g/mol. The third kappa shape index (κ3) is 4.37. The zero-order valence-electron chi connectivity index (χ0n) is 10.4. The molecule has 0 atom stereocenters. The molecule has 0 bridgehead atoms. The molecule has 1 heterocycles. The molecule has 1 aromatic rings. The lowest BCUT2D eigenvalue weighted by atomic mass is 10.1. The molecule has 0 saturated heterocycles. The van der Waals surface area contributed by atoms with Crippen molar-refractivity contribution >= 4 is 18.0 Å². The summed E-state index contributed by atoms with van der Waals surface area (Å²) in [4.78, 5) is 25.5. The number of carboxylic acid groups (broad SMARTS) is 1. The highest BCUT2D eigenvalue weighted by Gasteiger charge is 2.09. The number of carbonyl (C=O) groups excluding carboxylic acids is 1. The van der Waals surface area contributed by atoms with Gasteiger partial charge in [0.25, 0.3) is 0 Å². The average molecular weight is 248 g/mol. The SMILES string of the molecule is CC(=O)NCCC=Cc1cc(C)cnc1C(=O)O. The molecule has 0 aliphatic carbocycles. The van der Waals surface area contributed by atoms with Gasteiger partial charge in [0.1, 0.15) is 0 Å². The predicted molar refractivity (Wildman–Crippen MR) is 68.3 cm³/mol. The van der Waals surface area contributed by atoms with Crippen LogP contribution in [0, 0.1) is 6.92 Å². The van der Waals surface area contributed by atoms with Crippen molar-refractivity contribution in [3.05, 3.63) is 35.2 Å². The van der Waals surface area contributed by atoms with Gasteiger partial charge < -0.3 is 10.4 Å². The van der Waals surface area contributed by atoms with E-state index in [1.54, 1.807) is 12.1 Å². The second-order valence-corrected chi connectivity index (χ2v) is 3.93. The van der Waals surface area contributed by atoms with Crippen LogP contribution in [0.15, 0.2) is 18.3 Å². The first kappa shape index (κ1) is 13.9. The topological polar surface area (TPSA) is 79.3 Å². The Bertz CT molecular complexity index is 481. The number of hydrogen-bond acceptors (Lipinski definition) is 3. The molecule has 2 N–H and O–H groups in total. The number of nitrogens with zero attached hydrogens (tertiary/aromatic N) is 1. The molecule has 0 saturated carbocycles. The Hall–Kier alpha value is -2.17. The predicted octanol–water partition coefficient (Wildman–Crippen LogP) is 1.63. The first-order valence-electron chi connectivity index (χ1n) is 5.61. The number of pyridine rings is 1. The molecule has 1 aromatic heterocycles. The molecule has 0 fully saturated rings. The largest absolute Gasteiger partial charge is 0.476 e. The molecular formula is C13H16N2O3. The zero-order chi connectivity index (χ0) is 13.5. The van der Waals surface area contributed by atoms with Crippen molar-refractivity contribution in [2.45, 2.75) is 20.3 Å². The van der Waals surface area contributed by atoms with E-state index in [0.717, 1.165) is 5.56 Å². The summed E-state index contributed by atoms with van der Waals surface area (Å²) in [7, 11) is 0. The van der Waals surface area contributed by atoms with Crippen molar-refractivity contribution in [2.24, 2.45) is 0 Å². The number of hydrogen-bond donors (Lipinski definition) is 2. The Kier molecular flexibility index (Phi) is 5.05. The van der Waals surface area contributed by atoms with Gasteiger partial charge in [-0.15, -0.1) is 0 Å². The number of carboxylic acids is 1. The van der Waals surface area contributed by atoms with E-state index >= 15 is 0 Å². The van der Waals surface area contributed by atoms with E-state index in [0.29, 0.717) is 18.5 Å². The van der Waals surface area contributed by atoms with Crippen molar-refractivity contribution in [1.82, 2.24) is 10.3 Å². The lowest BCUT2D eigenvalue weighted by Crippen LogP contribution is -2.20. The van der Waals surface area contributed by atoms with Gasteiger partial charge in [0.15, 0.2) is 5.69 Å². The minimum absolute atomic E-state index is 0.0383. The van der Waals surface area contributed by atoms with Crippen LogP contribution in [0.2, 0.25) is 0 Å². The van der Waals surface area contributed by atoms with Crippen molar-refractivity contribution in [3.63, 3.8) is 0 Å². The third-order valence-corrected chi connectivity index (χ3v) is 2.24. The molecule has 0 aliphatic rings. The van der Waals surface area contributed by atoms with Crippen molar-refractivity contribution in [3.8, 4) is 0 Å². The summed E-state index contributed by atoms with van der Waals surface area (Å²) in [6, 6.07) is 1.77. The summed E-state index contributed by atoms with van der Waals surface area (Å²) in [5.41, 5.74) is 1.52. The molecule has 0 radical (unpaired) electrons. The summed E-state index contributed by atoms with van der Waals surface area (Å²) in [5.74, 6) is -1.12. The quantitative estimate of drug-likeness (QED) is 0.776. The number of rotatable bonds is 5. The Morgan fingerprint density at radius 1 is 1.50 bits per heavy atom. The highest BCUT2D eigenvalue weighted by atomic mass is 16.4. The Morgan fingerprint density at radius 3 is 2.83 bits per heavy atom. The van der Waals surface area contributed by atoms with E-state index in [4.69, 9.17) is 5.11 Å². The lowest BCUT2D eigenvalue weighted by Gasteiger charge is -2.02. The van der Waals surface area contributed by atoms with Crippen LogP contribution in [-0.4, -0.2) is 28.5 Å². The number of aromatic nitrogens is 1. The Labute approximate surface area is 106 Å². The van der Waals surface area contributed by atoms with Crippen molar-refractivity contribution in [1.29, 1.82) is 0 Å². The van der Waals surface area contributed by atoms with E-state index in [1.165, 1.54) is 13.1 Å². The van der Waals surface area contributed by atoms with Crippen LogP contribution < -0.4 is 5.32 Å². The van der Waals surface area contributed by atoms with E-state index in [-0.39, 0.29) is 11.6 Å². The van der Waals surface area contributed by atoms with E-state index in [2.05, 4.69) is 10.3 Å². The van der Waals surface area contributed by atoms with Crippen molar-refractivity contribution < 1.29 is 14.7 Å². The van der Waals surface area contributed by atoms with Crippen LogP contribution in [0.4, 0.5) is 0 Å². The van der Waals surface area contributed by atoms with E-state index < -0.39 is 5.97 Å². The average Bonchev–Trinajstić information content (AvgIpc) is 2.27. The summed E-state index contributed by atoms with van der Waals surface area (Å²) in [6.07, 6.45) is 5.70. The second kappa shape index (κ2) is 6.54. The number of aryl methyl sites for hydroxylation is 1. The smallest absolute Gasteiger partial charge is 0.355 e. The van der Waals surface area contributed by atoms with Crippen LogP contribution in [0.5, 0.6) is 0 Å². The van der Waals surface area contributed by atoms with Crippen molar-refractivity contribution in [2.75, 3.05) is 6.54 Å². The monoisotopic (exact) mass is 248 g/mol. The fourth-order valence-corrected chi connectivity index (χ4v) is 1.44. The summed E-state index contributed by atoms with van der Waals surface area (Å²) < 4.78 is 0. The molecule has 0 unspecified atom stereocenters. The fourth-order valence-electron chi connectivity index (χ4n) is 1.44. The minimum Gasteiger partial charge on any atom is -0.476 e. The van der Waals surface area contributed by atoms with Crippen LogP contribution in [0.1, 0.15) is 35.0 Å². The Morgan fingerprint density at radius 2 is 2.22 bits per heavy atom. The van der Waals surface area contributed by atoms with Gasteiger partial charge in [-0.25, -0.2) is 9.78 Å². The highest BCUT2D eigenvalue weighted by molar-refractivity contribution is 5.89. The van der Waals surface area contributed by atoms with Gasteiger partial charge in [0.05, 0.1) is 0 Å². The van der Waals surface area contributed by atoms with E-state index in [1.807, 2.05) is 13.0 Å². The third-order valence-electron chi connectivity index (χ3n) is 2.24. The van der Waals surface area contributed by atoms with E-state index in [9.17, 15) is 9.59 Å². The lowest BCUT2D eigenvalue weighted by molar-refractivity contribution is -0.118. The number of carbonyl (C=O) groups is 2. The molecule has 0 spiro atoms. The van der Waals surface area contributed by atoms with Gasteiger partial charge in [-0.1, -0.05) is 12.2 Å². The van der Waals surface area contributed by atoms with Gasteiger partial charge >= 0.3 is 5.97 Å². The maximum atomic E-state index is 11.0. The van der Waals surface area contributed by atoms with Gasteiger partial charge in [-0.2, -0.15) is 0 Å². The normalized spacial score (nSPS) is 10.6. The molecule has 18 heavy (non-hydrogen) atoms. The standard InChI is InChI=1S/C13H16N2O3/c1-9-7-11(12(13(17)18)15-8-9)5-3-4-6-14-10(2)16/h3,5,7-8H,4,6H2,1-2H3,(H,14,16)(H,17,18). The maximum Gasteiger partial charge on any atom is 0.355 e.